The first kappa shape index (κ1) is 19.8. The summed E-state index contributed by atoms with van der Waals surface area (Å²) in [4.78, 5) is 31.8. The molecule has 2 aromatic heterocycles. The third-order valence-electron chi connectivity index (χ3n) is 5.96. The minimum Gasteiger partial charge on any atom is -0.465 e. The summed E-state index contributed by atoms with van der Waals surface area (Å²) in [7, 11) is 1.36. The molecule has 0 saturated heterocycles. The van der Waals surface area contributed by atoms with Gasteiger partial charge >= 0.3 is 5.97 Å². The zero-order chi connectivity index (χ0) is 20.8. The summed E-state index contributed by atoms with van der Waals surface area (Å²) in [6, 6.07) is 7.18. The maximum absolute atomic E-state index is 13.3. The van der Waals surface area contributed by atoms with E-state index in [9.17, 15) is 9.59 Å². The van der Waals surface area contributed by atoms with Crippen LogP contribution in [0.3, 0.4) is 0 Å². The van der Waals surface area contributed by atoms with Gasteiger partial charge < -0.3 is 4.74 Å². The minimum atomic E-state index is -0.381. The van der Waals surface area contributed by atoms with Crippen LogP contribution in [0.15, 0.2) is 35.4 Å². The Kier molecular flexibility index (Phi) is 5.07. The average molecular weight is 411 g/mol. The fourth-order valence-electron chi connectivity index (χ4n) is 4.16. The zero-order valence-corrected chi connectivity index (χ0v) is 18.1. The predicted octanol–water partition coefficient (Wildman–Crippen LogP) is 4.44. The number of aryl methyl sites for hydroxylation is 1. The molecule has 1 aliphatic carbocycles. The van der Waals surface area contributed by atoms with Crippen molar-refractivity contribution in [1.29, 1.82) is 0 Å². The normalized spacial score (nSPS) is 16.6. The van der Waals surface area contributed by atoms with E-state index in [2.05, 4.69) is 25.8 Å². The van der Waals surface area contributed by atoms with Crippen molar-refractivity contribution in [3.8, 4) is 0 Å². The second-order valence-corrected chi connectivity index (χ2v) is 9.94. The molecule has 1 unspecified atom stereocenters. The van der Waals surface area contributed by atoms with Crippen molar-refractivity contribution in [2.75, 3.05) is 7.11 Å². The SMILES string of the molecule is COC(=O)c1cccc(Cn2cnc3sc4c(c3c2=O)CCC(C(C)(C)C)C4)c1. The number of fused-ring (bicyclic) bond motifs is 3. The molecule has 29 heavy (non-hydrogen) atoms. The highest BCUT2D eigenvalue weighted by atomic mass is 32.1. The molecule has 1 aliphatic rings. The molecule has 2 heterocycles. The van der Waals surface area contributed by atoms with Crippen molar-refractivity contribution < 1.29 is 9.53 Å². The molecule has 1 atom stereocenters. The smallest absolute Gasteiger partial charge is 0.337 e. The molecule has 1 aromatic carbocycles. The van der Waals surface area contributed by atoms with Crippen LogP contribution in [0.1, 0.15) is 53.6 Å². The molecule has 0 spiro atoms. The lowest BCUT2D eigenvalue weighted by atomic mass is 9.72. The number of nitrogens with zero attached hydrogens (tertiary/aromatic N) is 2. The number of carbonyl (C=O) groups excluding carboxylic acids is 1. The van der Waals surface area contributed by atoms with Gasteiger partial charge in [-0.2, -0.15) is 0 Å². The molecule has 0 N–H and O–H groups in total. The highest BCUT2D eigenvalue weighted by Gasteiger charge is 2.31. The van der Waals surface area contributed by atoms with Crippen LogP contribution < -0.4 is 5.56 Å². The van der Waals surface area contributed by atoms with E-state index < -0.39 is 0 Å². The van der Waals surface area contributed by atoms with Gasteiger partial charge in [-0.25, -0.2) is 9.78 Å². The minimum absolute atomic E-state index is 0.00480. The third-order valence-corrected chi connectivity index (χ3v) is 7.12. The zero-order valence-electron chi connectivity index (χ0n) is 17.3. The number of methoxy groups -OCH3 is 1. The van der Waals surface area contributed by atoms with Gasteiger partial charge in [-0.15, -0.1) is 11.3 Å². The van der Waals surface area contributed by atoms with E-state index >= 15 is 0 Å². The number of esters is 1. The van der Waals surface area contributed by atoms with Crippen molar-refractivity contribution in [2.45, 2.75) is 46.6 Å². The molecular weight excluding hydrogens is 384 g/mol. The standard InChI is InChI=1S/C23H26N2O3S/c1-23(2,3)16-8-9-17-18(11-16)29-20-19(17)21(26)25(13-24-20)12-14-6-5-7-15(10-14)22(27)28-4/h5-7,10,13,16H,8-9,11-12H2,1-4H3. The topological polar surface area (TPSA) is 61.2 Å². The van der Waals surface area contributed by atoms with Crippen molar-refractivity contribution in [3.63, 3.8) is 0 Å². The summed E-state index contributed by atoms with van der Waals surface area (Å²) in [5, 5.41) is 0.781. The summed E-state index contributed by atoms with van der Waals surface area (Å²) in [6.07, 6.45) is 4.70. The van der Waals surface area contributed by atoms with Gasteiger partial charge in [-0.1, -0.05) is 32.9 Å². The van der Waals surface area contributed by atoms with E-state index in [4.69, 9.17) is 4.74 Å². The third kappa shape index (κ3) is 3.73. The van der Waals surface area contributed by atoms with E-state index in [1.807, 2.05) is 6.07 Å². The van der Waals surface area contributed by atoms with Gasteiger partial charge in [-0.3, -0.25) is 9.36 Å². The molecule has 0 saturated carbocycles. The molecule has 5 nitrogen and oxygen atoms in total. The van der Waals surface area contributed by atoms with Crippen LogP contribution in [0.25, 0.3) is 10.2 Å². The quantitative estimate of drug-likeness (QED) is 0.599. The van der Waals surface area contributed by atoms with E-state index in [-0.39, 0.29) is 16.9 Å². The van der Waals surface area contributed by atoms with Gasteiger partial charge in [0.1, 0.15) is 4.83 Å². The molecule has 6 heteroatoms. The summed E-state index contributed by atoms with van der Waals surface area (Å²) in [6.45, 7) is 7.26. The number of benzene rings is 1. The predicted molar refractivity (Wildman–Crippen MR) is 116 cm³/mol. The largest absolute Gasteiger partial charge is 0.465 e. The number of aromatic nitrogens is 2. The highest BCUT2D eigenvalue weighted by molar-refractivity contribution is 7.18. The Morgan fingerprint density at radius 1 is 1.34 bits per heavy atom. The Labute approximate surface area is 174 Å². The first-order valence-electron chi connectivity index (χ1n) is 9.95. The lowest BCUT2D eigenvalue weighted by Gasteiger charge is -2.33. The average Bonchev–Trinajstić information content (AvgIpc) is 3.07. The second kappa shape index (κ2) is 7.41. The van der Waals surface area contributed by atoms with Crippen molar-refractivity contribution in [2.24, 2.45) is 11.3 Å². The Bertz CT molecular complexity index is 1140. The summed E-state index contributed by atoms with van der Waals surface area (Å²) in [5.41, 5.74) is 2.82. The molecule has 0 fully saturated rings. The van der Waals surface area contributed by atoms with E-state index in [1.165, 1.54) is 17.6 Å². The number of hydrogen-bond donors (Lipinski definition) is 0. The molecule has 0 radical (unpaired) electrons. The summed E-state index contributed by atoms with van der Waals surface area (Å²) >= 11 is 1.67. The second-order valence-electron chi connectivity index (χ2n) is 8.86. The Morgan fingerprint density at radius 3 is 2.86 bits per heavy atom. The monoisotopic (exact) mass is 410 g/mol. The molecule has 3 aromatic rings. The van der Waals surface area contributed by atoms with Crippen LogP contribution in [-0.4, -0.2) is 22.6 Å². The van der Waals surface area contributed by atoms with Gasteiger partial charge in [-0.05, 0) is 53.9 Å². The number of thiophene rings is 1. The number of ether oxygens (including phenoxy) is 1. The van der Waals surface area contributed by atoms with Gasteiger partial charge in [0.2, 0.25) is 0 Å². The Balaban J connectivity index is 1.69. The molecule has 0 bridgehead atoms. The summed E-state index contributed by atoms with van der Waals surface area (Å²) in [5.74, 6) is 0.249. The highest BCUT2D eigenvalue weighted by Crippen LogP contribution is 2.41. The number of carbonyl (C=O) groups is 1. The lowest BCUT2D eigenvalue weighted by molar-refractivity contribution is 0.0600. The van der Waals surface area contributed by atoms with Gasteiger partial charge in [0, 0.05) is 4.88 Å². The van der Waals surface area contributed by atoms with E-state index in [0.29, 0.717) is 18.0 Å². The van der Waals surface area contributed by atoms with Gasteiger partial charge in [0.25, 0.3) is 5.56 Å². The van der Waals surface area contributed by atoms with E-state index in [0.717, 1.165) is 35.0 Å². The molecule has 152 valence electrons. The molecular formula is C23H26N2O3S. The molecule has 4 rings (SSSR count). The lowest BCUT2D eigenvalue weighted by Crippen LogP contribution is -2.27. The Hall–Kier alpha value is -2.47. The first-order valence-corrected chi connectivity index (χ1v) is 10.8. The van der Waals surface area contributed by atoms with Crippen LogP contribution in [0, 0.1) is 11.3 Å². The summed E-state index contributed by atoms with van der Waals surface area (Å²) < 4.78 is 6.43. The van der Waals surface area contributed by atoms with Crippen molar-refractivity contribution in [1.82, 2.24) is 9.55 Å². The van der Waals surface area contributed by atoms with Crippen molar-refractivity contribution in [3.05, 3.63) is 62.5 Å². The number of hydrogen-bond acceptors (Lipinski definition) is 5. The van der Waals surface area contributed by atoms with Crippen LogP contribution in [0.5, 0.6) is 0 Å². The van der Waals surface area contributed by atoms with Crippen molar-refractivity contribution >= 4 is 27.5 Å². The van der Waals surface area contributed by atoms with Gasteiger partial charge in [0.05, 0.1) is 30.9 Å². The van der Waals surface area contributed by atoms with Crippen LogP contribution in [0.4, 0.5) is 0 Å². The first-order chi connectivity index (χ1) is 13.8. The number of rotatable bonds is 3. The fraction of sp³-hybridized carbons (Fsp3) is 0.435. The van der Waals surface area contributed by atoms with Crippen LogP contribution in [-0.2, 0) is 24.1 Å². The fourth-order valence-corrected chi connectivity index (χ4v) is 5.42. The van der Waals surface area contributed by atoms with Crippen LogP contribution in [0.2, 0.25) is 0 Å². The molecule has 0 amide bonds. The Morgan fingerprint density at radius 2 is 2.14 bits per heavy atom. The van der Waals surface area contributed by atoms with Crippen LogP contribution >= 0.6 is 11.3 Å². The molecule has 0 aliphatic heterocycles. The van der Waals surface area contributed by atoms with E-state index in [1.54, 1.807) is 40.4 Å². The maximum Gasteiger partial charge on any atom is 0.337 e. The maximum atomic E-state index is 13.3. The van der Waals surface area contributed by atoms with Gasteiger partial charge in [0.15, 0.2) is 0 Å².